The van der Waals surface area contributed by atoms with Gasteiger partial charge in [0.05, 0.1) is 11.1 Å². The van der Waals surface area contributed by atoms with Crippen LogP contribution in [0.2, 0.25) is 0 Å². The molecule has 0 unspecified atom stereocenters. The smallest absolute Gasteiger partial charge is 0.256 e. The molecule has 4 heteroatoms. The third-order valence-electron chi connectivity index (χ3n) is 4.15. The molecular formula is C16H16F3N. The lowest BCUT2D eigenvalue weighted by Gasteiger charge is -2.24. The standard InChI is InChI=1S/C16H16F3N/c17-16(18,19)14-9-8-12(11-5-2-1-3-6-11)13-7-4-10-20-15(13)14/h4,7-11H,1-3,5-6H2. The predicted octanol–water partition coefficient (Wildman–Crippen LogP) is 5.30. The Labute approximate surface area is 115 Å². The van der Waals surface area contributed by atoms with Crippen LogP contribution in [0, 0.1) is 0 Å². The molecule has 2 aromatic rings. The minimum atomic E-state index is -4.35. The largest absolute Gasteiger partial charge is 0.418 e. The van der Waals surface area contributed by atoms with Crippen LogP contribution >= 0.6 is 0 Å². The molecule has 1 saturated carbocycles. The summed E-state index contributed by atoms with van der Waals surface area (Å²) in [5, 5.41) is 0.661. The second kappa shape index (κ2) is 5.08. The van der Waals surface area contributed by atoms with Crippen molar-refractivity contribution in [1.29, 1.82) is 0 Å². The van der Waals surface area contributed by atoms with Crippen molar-refractivity contribution < 1.29 is 13.2 Å². The number of rotatable bonds is 1. The monoisotopic (exact) mass is 279 g/mol. The van der Waals surface area contributed by atoms with Crippen LogP contribution in [0.4, 0.5) is 13.2 Å². The van der Waals surface area contributed by atoms with Crippen molar-refractivity contribution >= 4 is 10.9 Å². The molecule has 1 nitrogen and oxygen atoms in total. The Hall–Kier alpha value is -1.58. The van der Waals surface area contributed by atoms with Crippen molar-refractivity contribution in [2.24, 2.45) is 0 Å². The molecule has 1 aliphatic rings. The van der Waals surface area contributed by atoms with Gasteiger partial charge in [0.1, 0.15) is 0 Å². The molecule has 1 aliphatic carbocycles. The molecule has 0 amide bonds. The van der Waals surface area contributed by atoms with E-state index < -0.39 is 11.7 Å². The molecule has 0 N–H and O–H groups in total. The summed E-state index contributed by atoms with van der Waals surface area (Å²) < 4.78 is 39.2. The fourth-order valence-electron chi connectivity index (χ4n) is 3.19. The van der Waals surface area contributed by atoms with Crippen LogP contribution in [-0.2, 0) is 6.18 Å². The minimum Gasteiger partial charge on any atom is -0.256 e. The number of benzene rings is 1. The summed E-state index contributed by atoms with van der Waals surface area (Å²) in [7, 11) is 0. The van der Waals surface area contributed by atoms with E-state index in [-0.39, 0.29) is 5.52 Å². The van der Waals surface area contributed by atoms with E-state index in [1.54, 1.807) is 18.2 Å². The van der Waals surface area contributed by atoms with Gasteiger partial charge in [-0.2, -0.15) is 13.2 Å². The maximum Gasteiger partial charge on any atom is 0.418 e. The second-order valence-electron chi connectivity index (χ2n) is 5.43. The second-order valence-corrected chi connectivity index (χ2v) is 5.43. The number of nitrogens with zero attached hydrogens (tertiary/aromatic N) is 1. The summed E-state index contributed by atoms with van der Waals surface area (Å²) in [5.41, 5.74) is 0.483. The van der Waals surface area contributed by atoms with Gasteiger partial charge in [0, 0.05) is 11.6 Å². The highest BCUT2D eigenvalue weighted by Crippen LogP contribution is 2.40. The Bertz CT molecular complexity index is 613. The van der Waals surface area contributed by atoms with Gasteiger partial charge in [0.25, 0.3) is 0 Å². The van der Waals surface area contributed by atoms with Gasteiger partial charge in [-0.25, -0.2) is 0 Å². The molecule has 20 heavy (non-hydrogen) atoms. The summed E-state index contributed by atoms with van der Waals surface area (Å²) in [6.07, 6.45) is 2.76. The van der Waals surface area contributed by atoms with Crippen LogP contribution < -0.4 is 0 Å². The Balaban J connectivity index is 2.16. The summed E-state index contributed by atoms with van der Waals surface area (Å²) >= 11 is 0. The average molecular weight is 279 g/mol. The molecule has 0 aliphatic heterocycles. The number of aromatic nitrogens is 1. The molecule has 0 radical (unpaired) electrons. The topological polar surface area (TPSA) is 12.9 Å². The highest BCUT2D eigenvalue weighted by atomic mass is 19.4. The number of fused-ring (bicyclic) bond motifs is 1. The lowest BCUT2D eigenvalue weighted by molar-refractivity contribution is -0.136. The first-order valence-corrected chi connectivity index (χ1v) is 7.02. The maximum absolute atomic E-state index is 13.1. The predicted molar refractivity (Wildman–Crippen MR) is 72.6 cm³/mol. The zero-order valence-corrected chi connectivity index (χ0v) is 11.1. The maximum atomic E-state index is 13.1. The molecule has 3 rings (SSSR count). The molecule has 0 atom stereocenters. The van der Waals surface area contributed by atoms with Crippen molar-refractivity contribution in [2.75, 3.05) is 0 Å². The van der Waals surface area contributed by atoms with Crippen LogP contribution in [0.5, 0.6) is 0 Å². The molecule has 1 heterocycles. The van der Waals surface area contributed by atoms with Crippen LogP contribution in [0.1, 0.15) is 49.1 Å². The molecule has 106 valence electrons. The first kappa shape index (κ1) is 13.4. The fourth-order valence-corrected chi connectivity index (χ4v) is 3.19. The van der Waals surface area contributed by atoms with E-state index in [1.807, 2.05) is 0 Å². The molecule has 1 aromatic carbocycles. The number of halogens is 3. The van der Waals surface area contributed by atoms with Gasteiger partial charge in [-0.15, -0.1) is 0 Å². The first-order chi connectivity index (χ1) is 9.57. The zero-order valence-electron chi connectivity index (χ0n) is 11.1. The van der Waals surface area contributed by atoms with Crippen molar-refractivity contribution in [1.82, 2.24) is 4.98 Å². The summed E-state index contributed by atoms with van der Waals surface area (Å²) in [5.74, 6) is 0.373. The van der Waals surface area contributed by atoms with E-state index >= 15 is 0 Å². The lowest BCUT2D eigenvalue weighted by atomic mass is 9.82. The molecule has 0 saturated heterocycles. The normalized spacial score (nSPS) is 17.6. The van der Waals surface area contributed by atoms with E-state index in [2.05, 4.69) is 4.98 Å². The Kier molecular flexibility index (Phi) is 3.40. The van der Waals surface area contributed by atoms with Gasteiger partial charge in [-0.1, -0.05) is 31.4 Å². The lowest BCUT2D eigenvalue weighted by Crippen LogP contribution is -2.10. The van der Waals surface area contributed by atoms with Crippen LogP contribution in [-0.4, -0.2) is 4.98 Å². The minimum absolute atomic E-state index is 0.0862. The number of pyridine rings is 1. The van der Waals surface area contributed by atoms with Crippen molar-refractivity contribution in [2.45, 2.75) is 44.2 Å². The van der Waals surface area contributed by atoms with E-state index in [9.17, 15) is 13.2 Å². The summed E-state index contributed by atoms with van der Waals surface area (Å²) in [6.45, 7) is 0. The van der Waals surface area contributed by atoms with Gasteiger partial charge in [0.15, 0.2) is 0 Å². The summed E-state index contributed by atoms with van der Waals surface area (Å²) in [6, 6.07) is 6.33. The van der Waals surface area contributed by atoms with Gasteiger partial charge in [-0.05, 0) is 36.5 Å². The van der Waals surface area contributed by atoms with Crippen LogP contribution in [0.3, 0.4) is 0 Å². The highest BCUT2D eigenvalue weighted by molar-refractivity contribution is 5.86. The van der Waals surface area contributed by atoms with E-state index in [0.29, 0.717) is 11.3 Å². The van der Waals surface area contributed by atoms with Crippen LogP contribution in [0.15, 0.2) is 30.5 Å². The molecule has 1 fully saturated rings. The van der Waals surface area contributed by atoms with E-state index in [0.717, 1.165) is 31.2 Å². The number of hydrogen-bond acceptors (Lipinski definition) is 1. The molecule has 0 spiro atoms. The Morgan fingerprint density at radius 3 is 2.45 bits per heavy atom. The fraction of sp³-hybridized carbons (Fsp3) is 0.438. The van der Waals surface area contributed by atoms with Crippen molar-refractivity contribution in [3.63, 3.8) is 0 Å². The van der Waals surface area contributed by atoms with Gasteiger partial charge in [-0.3, -0.25) is 4.98 Å². The van der Waals surface area contributed by atoms with Gasteiger partial charge >= 0.3 is 6.18 Å². The number of hydrogen-bond donors (Lipinski definition) is 0. The Morgan fingerprint density at radius 1 is 1.00 bits per heavy atom. The van der Waals surface area contributed by atoms with Crippen molar-refractivity contribution in [3.05, 3.63) is 41.6 Å². The van der Waals surface area contributed by atoms with E-state index in [1.165, 1.54) is 18.7 Å². The van der Waals surface area contributed by atoms with Crippen molar-refractivity contribution in [3.8, 4) is 0 Å². The SMILES string of the molecule is FC(F)(F)c1ccc(C2CCCCC2)c2cccnc12. The third-order valence-corrected chi connectivity index (χ3v) is 4.15. The Morgan fingerprint density at radius 2 is 1.75 bits per heavy atom. The quantitative estimate of drug-likeness (QED) is 0.690. The third kappa shape index (κ3) is 2.39. The first-order valence-electron chi connectivity index (χ1n) is 7.02. The average Bonchev–Trinajstić information content (AvgIpc) is 2.46. The zero-order chi connectivity index (χ0) is 14.2. The van der Waals surface area contributed by atoms with Gasteiger partial charge in [0.2, 0.25) is 0 Å². The van der Waals surface area contributed by atoms with Gasteiger partial charge < -0.3 is 0 Å². The molecule has 1 aromatic heterocycles. The molecular weight excluding hydrogens is 263 g/mol. The molecule has 0 bridgehead atoms. The van der Waals surface area contributed by atoms with E-state index in [4.69, 9.17) is 0 Å². The number of alkyl halides is 3. The highest BCUT2D eigenvalue weighted by Gasteiger charge is 2.34. The summed E-state index contributed by atoms with van der Waals surface area (Å²) in [4.78, 5) is 3.98. The van der Waals surface area contributed by atoms with Crippen LogP contribution in [0.25, 0.3) is 10.9 Å².